The van der Waals surface area contributed by atoms with E-state index in [1.54, 1.807) is 24.3 Å². The lowest BCUT2D eigenvalue weighted by Gasteiger charge is -2.22. The van der Waals surface area contributed by atoms with E-state index in [9.17, 15) is 9.59 Å². The van der Waals surface area contributed by atoms with Crippen LogP contribution in [0.4, 0.5) is 0 Å². The monoisotopic (exact) mass is 304 g/mol. The molecule has 0 radical (unpaired) electrons. The second-order valence-electron chi connectivity index (χ2n) is 6.03. The van der Waals surface area contributed by atoms with E-state index in [4.69, 9.17) is 15.2 Å². The molecule has 6 heteroatoms. The van der Waals surface area contributed by atoms with Crippen LogP contribution >= 0.6 is 0 Å². The van der Waals surface area contributed by atoms with Gasteiger partial charge in [0.25, 0.3) is 11.8 Å². The number of hydrogen-bond acceptors (Lipinski definition) is 4. The molecule has 2 saturated heterocycles. The van der Waals surface area contributed by atoms with Gasteiger partial charge in [-0.2, -0.15) is 0 Å². The Morgan fingerprint density at radius 3 is 2.86 bits per heavy atom. The molecule has 1 atom stereocenters. The Morgan fingerprint density at radius 2 is 2.14 bits per heavy atom. The molecule has 118 valence electrons. The van der Waals surface area contributed by atoms with E-state index < -0.39 is 5.91 Å². The van der Waals surface area contributed by atoms with Crippen molar-refractivity contribution < 1.29 is 19.1 Å². The van der Waals surface area contributed by atoms with Crippen molar-refractivity contribution in [3.63, 3.8) is 0 Å². The zero-order chi connectivity index (χ0) is 15.6. The van der Waals surface area contributed by atoms with Gasteiger partial charge < -0.3 is 20.1 Å². The van der Waals surface area contributed by atoms with Crippen molar-refractivity contribution in [3.05, 3.63) is 29.8 Å². The van der Waals surface area contributed by atoms with Gasteiger partial charge in [-0.3, -0.25) is 9.59 Å². The van der Waals surface area contributed by atoms with E-state index in [0.717, 1.165) is 39.1 Å². The molecule has 2 N–H and O–H groups in total. The maximum atomic E-state index is 12.7. The maximum Gasteiger partial charge on any atom is 0.257 e. The second-order valence-corrected chi connectivity index (χ2v) is 6.03. The Labute approximate surface area is 129 Å². The summed E-state index contributed by atoms with van der Waals surface area (Å²) in [6.07, 6.45) is 1.99. The third-order valence-corrected chi connectivity index (χ3v) is 4.40. The molecule has 2 amide bonds. The van der Waals surface area contributed by atoms with Crippen LogP contribution in [0.5, 0.6) is 5.75 Å². The minimum atomic E-state index is -0.564. The van der Waals surface area contributed by atoms with Crippen LogP contribution in [0.2, 0.25) is 0 Å². The highest BCUT2D eigenvalue weighted by atomic mass is 16.5. The molecule has 1 unspecified atom stereocenters. The first kappa shape index (κ1) is 14.8. The first-order valence-corrected chi connectivity index (χ1v) is 7.47. The fourth-order valence-electron chi connectivity index (χ4n) is 3.17. The van der Waals surface area contributed by atoms with Crippen molar-refractivity contribution in [1.82, 2.24) is 4.90 Å². The maximum absolute atomic E-state index is 12.7. The molecule has 1 aromatic rings. The van der Waals surface area contributed by atoms with Crippen LogP contribution in [0.25, 0.3) is 0 Å². The van der Waals surface area contributed by atoms with Gasteiger partial charge in [0.15, 0.2) is 6.61 Å². The summed E-state index contributed by atoms with van der Waals surface area (Å²) in [5, 5.41) is 0. The summed E-state index contributed by atoms with van der Waals surface area (Å²) >= 11 is 0. The number of amides is 2. The molecule has 0 aromatic heterocycles. The van der Waals surface area contributed by atoms with E-state index in [1.807, 2.05) is 4.90 Å². The molecule has 6 nitrogen and oxygen atoms in total. The van der Waals surface area contributed by atoms with Gasteiger partial charge in [-0.25, -0.2) is 0 Å². The van der Waals surface area contributed by atoms with Crippen molar-refractivity contribution in [2.24, 2.45) is 11.1 Å². The highest BCUT2D eigenvalue weighted by Crippen LogP contribution is 2.39. The Hall–Kier alpha value is -2.08. The molecule has 2 heterocycles. The number of nitrogens with two attached hydrogens (primary N) is 1. The molecule has 0 aliphatic carbocycles. The Kier molecular flexibility index (Phi) is 4.02. The standard InChI is InChI=1S/C16H20N2O4/c17-14(19)9-22-13-4-2-1-3-12(13)15(20)18-7-5-16(10-18)6-8-21-11-16/h1-4H,5-11H2,(H2,17,19). The molecule has 2 aliphatic rings. The van der Waals surface area contributed by atoms with Crippen molar-refractivity contribution in [1.29, 1.82) is 0 Å². The summed E-state index contributed by atoms with van der Waals surface area (Å²) in [7, 11) is 0. The number of benzene rings is 1. The van der Waals surface area contributed by atoms with Gasteiger partial charge in [0, 0.05) is 25.1 Å². The lowest BCUT2D eigenvalue weighted by atomic mass is 9.87. The minimum Gasteiger partial charge on any atom is -0.483 e. The highest BCUT2D eigenvalue weighted by Gasteiger charge is 2.43. The van der Waals surface area contributed by atoms with Crippen LogP contribution in [0.15, 0.2) is 24.3 Å². The molecule has 2 aliphatic heterocycles. The van der Waals surface area contributed by atoms with Crippen LogP contribution in [-0.2, 0) is 9.53 Å². The molecule has 0 saturated carbocycles. The number of carbonyl (C=O) groups is 2. The number of nitrogens with zero attached hydrogens (tertiary/aromatic N) is 1. The van der Waals surface area contributed by atoms with Gasteiger partial charge in [-0.15, -0.1) is 0 Å². The Morgan fingerprint density at radius 1 is 1.32 bits per heavy atom. The van der Waals surface area contributed by atoms with Gasteiger partial charge in [0.2, 0.25) is 0 Å². The van der Waals surface area contributed by atoms with Crippen molar-refractivity contribution in [3.8, 4) is 5.75 Å². The highest BCUT2D eigenvalue weighted by molar-refractivity contribution is 5.97. The minimum absolute atomic E-state index is 0.0659. The predicted octanol–water partition coefficient (Wildman–Crippen LogP) is 0.803. The van der Waals surface area contributed by atoms with E-state index >= 15 is 0 Å². The fraction of sp³-hybridized carbons (Fsp3) is 0.500. The van der Waals surface area contributed by atoms with Crippen molar-refractivity contribution in [2.45, 2.75) is 12.8 Å². The summed E-state index contributed by atoms with van der Waals surface area (Å²) < 4.78 is 10.8. The average molecular weight is 304 g/mol. The SMILES string of the molecule is NC(=O)COc1ccccc1C(=O)N1CCC2(CCOC2)C1. The number of para-hydroxylation sites is 1. The van der Waals surface area contributed by atoms with Crippen LogP contribution in [-0.4, -0.2) is 49.6 Å². The first-order chi connectivity index (χ1) is 10.6. The van der Waals surface area contributed by atoms with Crippen molar-refractivity contribution >= 4 is 11.8 Å². The quantitative estimate of drug-likeness (QED) is 0.892. The largest absolute Gasteiger partial charge is 0.483 e. The normalized spacial score (nSPS) is 23.9. The molecule has 3 rings (SSSR count). The van der Waals surface area contributed by atoms with Gasteiger partial charge >= 0.3 is 0 Å². The molecule has 2 fully saturated rings. The summed E-state index contributed by atoms with van der Waals surface area (Å²) in [5.74, 6) is -0.232. The molecular weight excluding hydrogens is 284 g/mol. The summed E-state index contributed by atoms with van der Waals surface area (Å²) in [4.78, 5) is 25.5. The number of primary amides is 1. The molecule has 0 bridgehead atoms. The number of carbonyl (C=O) groups excluding carboxylic acids is 2. The molecule has 1 aromatic carbocycles. The van der Waals surface area contributed by atoms with Gasteiger partial charge in [-0.1, -0.05) is 12.1 Å². The zero-order valence-electron chi connectivity index (χ0n) is 12.4. The summed E-state index contributed by atoms with van der Waals surface area (Å²) in [5.41, 5.74) is 5.69. The van der Waals surface area contributed by atoms with E-state index in [2.05, 4.69) is 0 Å². The summed E-state index contributed by atoms with van der Waals surface area (Å²) in [6, 6.07) is 6.95. The third kappa shape index (κ3) is 2.92. The van der Waals surface area contributed by atoms with Gasteiger partial charge in [-0.05, 0) is 25.0 Å². The third-order valence-electron chi connectivity index (χ3n) is 4.40. The van der Waals surface area contributed by atoms with E-state index in [1.165, 1.54) is 0 Å². The van der Waals surface area contributed by atoms with E-state index in [0.29, 0.717) is 11.3 Å². The number of rotatable bonds is 4. The van der Waals surface area contributed by atoms with Crippen LogP contribution in [0, 0.1) is 5.41 Å². The fourth-order valence-corrected chi connectivity index (χ4v) is 3.17. The Balaban J connectivity index is 1.73. The summed E-state index contributed by atoms with van der Waals surface area (Å²) in [6.45, 7) is 2.72. The first-order valence-electron chi connectivity index (χ1n) is 7.47. The number of likely N-dealkylation sites (tertiary alicyclic amines) is 1. The van der Waals surface area contributed by atoms with Crippen LogP contribution in [0.3, 0.4) is 0 Å². The van der Waals surface area contributed by atoms with E-state index in [-0.39, 0.29) is 17.9 Å². The Bertz CT molecular complexity index is 581. The molecular formula is C16H20N2O4. The predicted molar refractivity (Wildman–Crippen MR) is 79.5 cm³/mol. The van der Waals surface area contributed by atoms with Crippen LogP contribution < -0.4 is 10.5 Å². The number of hydrogen-bond donors (Lipinski definition) is 1. The zero-order valence-corrected chi connectivity index (χ0v) is 12.4. The lowest BCUT2D eigenvalue weighted by molar-refractivity contribution is -0.119. The number of ether oxygens (including phenoxy) is 2. The second kappa shape index (κ2) is 5.96. The van der Waals surface area contributed by atoms with Crippen LogP contribution in [0.1, 0.15) is 23.2 Å². The van der Waals surface area contributed by atoms with Gasteiger partial charge in [0.05, 0.1) is 12.2 Å². The molecule has 1 spiro atoms. The topological polar surface area (TPSA) is 81.9 Å². The van der Waals surface area contributed by atoms with Gasteiger partial charge in [0.1, 0.15) is 5.75 Å². The lowest BCUT2D eigenvalue weighted by Crippen LogP contribution is -2.33. The average Bonchev–Trinajstić information content (AvgIpc) is 3.15. The van der Waals surface area contributed by atoms with Crippen molar-refractivity contribution in [2.75, 3.05) is 32.9 Å². The smallest absolute Gasteiger partial charge is 0.257 e. The molecule has 22 heavy (non-hydrogen) atoms.